The van der Waals surface area contributed by atoms with E-state index in [9.17, 15) is 4.79 Å². The number of thioether (sulfide) groups is 1. The predicted molar refractivity (Wildman–Crippen MR) is 62.7 cm³/mol. The standard InChI is InChI=1S/C11H17NO2S/c1-8(2)10(15-3)11(13)12-7-9-5-4-6-14-9/h4-6,8,10H,7H2,1-3H3,(H,12,13). The lowest BCUT2D eigenvalue weighted by Gasteiger charge is -2.17. The van der Waals surface area contributed by atoms with Crippen molar-refractivity contribution in [2.45, 2.75) is 25.6 Å². The van der Waals surface area contributed by atoms with E-state index in [-0.39, 0.29) is 11.2 Å². The second-order valence-electron chi connectivity index (χ2n) is 3.70. The van der Waals surface area contributed by atoms with E-state index in [4.69, 9.17) is 4.42 Å². The van der Waals surface area contributed by atoms with Crippen LogP contribution in [0.5, 0.6) is 0 Å². The summed E-state index contributed by atoms with van der Waals surface area (Å²) in [5.74, 6) is 1.21. The molecule has 0 aliphatic heterocycles. The van der Waals surface area contributed by atoms with E-state index in [1.807, 2.05) is 32.2 Å². The summed E-state index contributed by atoms with van der Waals surface area (Å²) in [5, 5.41) is 2.88. The molecule has 0 saturated heterocycles. The third-order valence-corrected chi connectivity index (χ3v) is 3.40. The van der Waals surface area contributed by atoms with Crippen LogP contribution in [-0.4, -0.2) is 17.4 Å². The van der Waals surface area contributed by atoms with Gasteiger partial charge >= 0.3 is 0 Å². The predicted octanol–water partition coefficient (Wildman–Crippen LogP) is 2.28. The molecule has 0 radical (unpaired) electrons. The molecule has 0 spiro atoms. The Labute approximate surface area is 94.6 Å². The highest BCUT2D eigenvalue weighted by Crippen LogP contribution is 2.16. The highest BCUT2D eigenvalue weighted by atomic mass is 32.2. The molecule has 1 unspecified atom stereocenters. The number of furan rings is 1. The van der Waals surface area contributed by atoms with Crippen molar-refractivity contribution in [3.8, 4) is 0 Å². The van der Waals surface area contributed by atoms with Gasteiger partial charge in [-0.05, 0) is 24.3 Å². The quantitative estimate of drug-likeness (QED) is 0.839. The van der Waals surface area contributed by atoms with Crippen molar-refractivity contribution < 1.29 is 9.21 Å². The zero-order valence-electron chi connectivity index (χ0n) is 9.32. The van der Waals surface area contributed by atoms with E-state index in [2.05, 4.69) is 5.32 Å². The Balaban J connectivity index is 2.41. The highest BCUT2D eigenvalue weighted by molar-refractivity contribution is 7.99. The zero-order chi connectivity index (χ0) is 11.3. The van der Waals surface area contributed by atoms with Gasteiger partial charge in [0.05, 0.1) is 18.1 Å². The van der Waals surface area contributed by atoms with Crippen LogP contribution in [0.15, 0.2) is 22.8 Å². The van der Waals surface area contributed by atoms with Crippen molar-refractivity contribution in [2.24, 2.45) is 5.92 Å². The molecule has 1 heterocycles. The first-order valence-electron chi connectivity index (χ1n) is 4.98. The summed E-state index contributed by atoms with van der Waals surface area (Å²) in [6.45, 7) is 4.57. The van der Waals surface area contributed by atoms with Gasteiger partial charge in [0.2, 0.25) is 5.91 Å². The molecule has 0 bridgehead atoms. The summed E-state index contributed by atoms with van der Waals surface area (Å²) >= 11 is 1.58. The number of hydrogen-bond donors (Lipinski definition) is 1. The molecule has 0 aromatic carbocycles. The smallest absolute Gasteiger partial charge is 0.233 e. The summed E-state index contributed by atoms with van der Waals surface area (Å²) in [5.41, 5.74) is 0. The average Bonchev–Trinajstić information content (AvgIpc) is 2.67. The van der Waals surface area contributed by atoms with Gasteiger partial charge in [-0.3, -0.25) is 4.79 Å². The van der Waals surface area contributed by atoms with Gasteiger partial charge in [0.15, 0.2) is 0 Å². The Morgan fingerprint density at radius 2 is 2.33 bits per heavy atom. The molecule has 1 atom stereocenters. The highest BCUT2D eigenvalue weighted by Gasteiger charge is 2.20. The van der Waals surface area contributed by atoms with Crippen LogP contribution in [0.2, 0.25) is 0 Å². The van der Waals surface area contributed by atoms with E-state index in [1.165, 1.54) is 0 Å². The minimum atomic E-state index is 0.0139. The first-order valence-corrected chi connectivity index (χ1v) is 6.26. The summed E-state index contributed by atoms with van der Waals surface area (Å²) in [7, 11) is 0. The Hall–Kier alpha value is -0.900. The average molecular weight is 227 g/mol. The van der Waals surface area contributed by atoms with Crippen molar-refractivity contribution >= 4 is 17.7 Å². The number of nitrogens with one attached hydrogen (secondary N) is 1. The second-order valence-corrected chi connectivity index (χ2v) is 4.68. The lowest BCUT2D eigenvalue weighted by Crippen LogP contribution is -2.35. The van der Waals surface area contributed by atoms with Gasteiger partial charge < -0.3 is 9.73 Å². The molecule has 1 aromatic heterocycles. The van der Waals surface area contributed by atoms with Gasteiger partial charge in [0.1, 0.15) is 5.76 Å². The van der Waals surface area contributed by atoms with Crippen LogP contribution in [0.25, 0.3) is 0 Å². The molecule has 0 fully saturated rings. The monoisotopic (exact) mass is 227 g/mol. The van der Waals surface area contributed by atoms with Crippen molar-refractivity contribution in [3.05, 3.63) is 24.2 Å². The molecular weight excluding hydrogens is 210 g/mol. The zero-order valence-corrected chi connectivity index (χ0v) is 10.1. The molecule has 84 valence electrons. The molecular formula is C11H17NO2S. The van der Waals surface area contributed by atoms with E-state index in [0.29, 0.717) is 12.5 Å². The number of rotatable bonds is 5. The van der Waals surface area contributed by atoms with Crippen LogP contribution >= 0.6 is 11.8 Å². The van der Waals surface area contributed by atoms with Crippen molar-refractivity contribution in [3.63, 3.8) is 0 Å². The van der Waals surface area contributed by atoms with Crippen LogP contribution in [-0.2, 0) is 11.3 Å². The van der Waals surface area contributed by atoms with Gasteiger partial charge in [-0.25, -0.2) is 0 Å². The van der Waals surface area contributed by atoms with Crippen LogP contribution in [0.3, 0.4) is 0 Å². The molecule has 0 saturated carbocycles. The normalized spacial score (nSPS) is 12.8. The fourth-order valence-electron chi connectivity index (χ4n) is 1.37. The van der Waals surface area contributed by atoms with E-state index in [1.54, 1.807) is 18.0 Å². The van der Waals surface area contributed by atoms with Gasteiger partial charge in [-0.2, -0.15) is 11.8 Å². The first kappa shape index (κ1) is 12.2. The molecule has 1 rings (SSSR count). The maximum absolute atomic E-state index is 11.7. The van der Waals surface area contributed by atoms with E-state index < -0.39 is 0 Å². The fourth-order valence-corrected chi connectivity index (χ4v) is 2.21. The molecule has 1 amide bonds. The minimum absolute atomic E-state index is 0.0139. The van der Waals surface area contributed by atoms with Crippen molar-refractivity contribution in [2.75, 3.05) is 6.26 Å². The van der Waals surface area contributed by atoms with Crippen LogP contribution in [0.4, 0.5) is 0 Å². The summed E-state index contributed by atoms with van der Waals surface area (Å²) in [4.78, 5) is 11.7. The van der Waals surface area contributed by atoms with Gasteiger partial charge in [0.25, 0.3) is 0 Å². The second kappa shape index (κ2) is 5.85. The number of amides is 1. The number of carbonyl (C=O) groups excluding carboxylic acids is 1. The third kappa shape index (κ3) is 3.63. The topological polar surface area (TPSA) is 42.2 Å². The van der Waals surface area contributed by atoms with Crippen LogP contribution < -0.4 is 5.32 Å². The van der Waals surface area contributed by atoms with Crippen LogP contribution in [0, 0.1) is 5.92 Å². The Bertz CT molecular complexity index is 296. The summed E-state index contributed by atoms with van der Waals surface area (Å²) < 4.78 is 5.14. The fraction of sp³-hybridized carbons (Fsp3) is 0.545. The molecule has 3 nitrogen and oxygen atoms in total. The SMILES string of the molecule is CSC(C(=O)NCc1ccco1)C(C)C. The van der Waals surface area contributed by atoms with Crippen LogP contribution in [0.1, 0.15) is 19.6 Å². The lowest BCUT2D eigenvalue weighted by molar-refractivity contribution is -0.121. The van der Waals surface area contributed by atoms with Gasteiger partial charge in [-0.15, -0.1) is 0 Å². The van der Waals surface area contributed by atoms with Crippen molar-refractivity contribution in [1.82, 2.24) is 5.32 Å². The maximum Gasteiger partial charge on any atom is 0.233 e. The molecule has 0 aliphatic rings. The molecule has 4 heteroatoms. The number of carbonyl (C=O) groups is 1. The van der Waals surface area contributed by atoms with E-state index in [0.717, 1.165) is 5.76 Å². The van der Waals surface area contributed by atoms with E-state index >= 15 is 0 Å². The molecule has 1 aromatic rings. The maximum atomic E-state index is 11.7. The minimum Gasteiger partial charge on any atom is -0.467 e. The lowest BCUT2D eigenvalue weighted by atomic mass is 10.1. The third-order valence-electron chi connectivity index (χ3n) is 2.13. The summed E-state index contributed by atoms with van der Waals surface area (Å²) in [6, 6.07) is 3.67. The molecule has 15 heavy (non-hydrogen) atoms. The Kier molecular flexibility index (Phi) is 4.75. The van der Waals surface area contributed by atoms with Gasteiger partial charge in [-0.1, -0.05) is 13.8 Å². The molecule has 1 N–H and O–H groups in total. The van der Waals surface area contributed by atoms with Gasteiger partial charge in [0, 0.05) is 0 Å². The van der Waals surface area contributed by atoms with Crippen molar-refractivity contribution in [1.29, 1.82) is 0 Å². The first-order chi connectivity index (χ1) is 7.15. The summed E-state index contributed by atoms with van der Waals surface area (Å²) in [6.07, 6.45) is 3.56. The number of hydrogen-bond acceptors (Lipinski definition) is 3. The Morgan fingerprint density at radius 1 is 1.60 bits per heavy atom. The molecule has 0 aliphatic carbocycles. The largest absolute Gasteiger partial charge is 0.467 e. The Morgan fingerprint density at radius 3 is 2.80 bits per heavy atom.